The van der Waals surface area contributed by atoms with Crippen LogP contribution in [0.1, 0.15) is 38.5 Å². The average Bonchev–Trinajstić information content (AvgIpc) is 2.19. The van der Waals surface area contributed by atoms with Crippen LogP contribution in [0.5, 0.6) is 0 Å². The Bertz CT molecular complexity index is 179. The largest absolute Gasteiger partial charge is 0.343 e. The topological polar surface area (TPSA) is 37.4 Å². The number of piperidine rings is 1. The van der Waals surface area contributed by atoms with E-state index >= 15 is 0 Å². The second kappa shape index (κ2) is 7.80. The third kappa shape index (κ3) is 4.61. The van der Waals surface area contributed by atoms with Crippen LogP contribution in [0.25, 0.3) is 0 Å². The number of nitrogens with zero attached hydrogens (tertiary/aromatic N) is 1. The predicted octanol–water partition coefficient (Wildman–Crippen LogP) is 1.79. The molecule has 0 radical (unpaired) electrons. The molecule has 0 aromatic heterocycles. The van der Waals surface area contributed by atoms with Crippen LogP contribution in [0.15, 0.2) is 0 Å². The number of hydrogen-bond acceptors (Lipinski definition) is 2. The van der Waals surface area contributed by atoms with Gasteiger partial charge < -0.3 is 9.69 Å². The van der Waals surface area contributed by atoms with Crippen molar-refractivity contribution in [2.24, 2.45) is 0 Å². The molecule has 0 aliphatic carbocycles. The summed E-state index contributed by atoms with van der Waals surface area (Å²) >= 11 is 0. The fourth-order valence-corrected chi connectivity index (χ4v) is 1.64. The number of hydrogen-bond donors (Lipinski definition) is 0. The molecule has 1 amide bonds. The van der Waals surface area contributed by atoms with Gasteiger partial charge in [-0.05, 0) is 25.7 Å². The van der Waals surface area contributed by atoms with Gasteiger partial charge >= 0.3 is 0 Å². The van der Waals surface area contributed by atoms with Crippen LogP contribution in [0.2, 0.25) is 0 Å². The SMILES string of the molecule is Cl.O=CCCCC(=O)N1CCCCC1. The second-order valence-electron chi connectivity index (χ2n) is 3.50. The molecular formula is C10H18ClNO2. The van der Waals surface area contributed by atoms with Gasteiger partial charge in [0, 0.05) is 25.9 Å². The van der Waals surface area contributed by atoms with Crippen molar-refractivity contribution >= 4 is 24.6 Å². The van der Waals surface area contributed by atoms with E-state index in [1.54, 1.807) is 0 Å². The lowest BCUT2D eigenvalue weighted by Crippen LogP contribution is -2.35. The van der Waals surface area contributed by atoms with E-state index in [9.17, 15) is 9.59 Å². The monoisotopic (exact) mass is 219 g/mol. The maximum Gasteiger partial charge on any atom is 0.222 e. The van der Waals surface area contributed by atoms with Crippen LogP contribution < -0.4 is 0 Å². The first kappa shape index (κ1) is 13.4. The lowest BCUT2D eigenvalue weighted by atomic mass is 10.1. The van der Waals surface area contributed by atoms with Gasteiger partial charge in [-0.15, -0.1) is 12.4 Å². The van der Waals surface area contributed by atoms with Gasteiger partial charge in [-0.2, -0.15) is 0 Å². The number of halogens is 1. The molecule has 0 unspecified atom stereocenters. The first-order valence-corrected chi connectivity index (χ1v) is 5.06. The molecule has 0 bridgehead atoms. The molecule has 0 spiro atoms. The summed E-state index contributed by atoms with van der Waals surface area (Å²) in [4.78, 5) is 23.4. The summed E-state index contributed by atoms with van der Waals surface area (Å²) < 4.78 is 0. The third-order valence-corrected chi connectivity index (χ3v) is 2.42. The maximum atomic E-state index is 11.5. The van der Waals surface area contributed by atoms with Crippen LogP contribution in [0.4, 0.5) is 0 Å². The highest BCUT2D eigenvalue weighted by molar-refractivity contribution is 5.85. The number of carbonyl (C=O) groups is 2. The van der Waals surface area contributed by atoms with E-state index in [0.717, 1.165) is 32.2 Å². The Kier molecular flexibility index (Phi) is 7.48. The van der Waals surface area contributed by atoms with Crippen LogP contribution in [-0.2, 0) is 9.59 Å². The minimum Gasteiger partial charge on any atom is -0.343 e. The van der Waals surface area contributed by atoms with Gasteiger partial charge in [0.2, 0.25) is 5.91 Å². The van der Waals surface area contributed by atoms with E-state index in [0.29, 0.717) is 19.3 Å². The maximum absolute atomic E-state index is 11.5. The lowest BCUT2D eigenvalue weighted by Gasteiger charge is -2.26. The van der Waals surface area contributed by atoms with Crippen molar-refractivity contribution in [2.45, 2.75) is 38.5 Å². The van der Waals surface area contributed by atoms with Crippen molar-refractivity contribution in [3.05, 3.63) is 0 Å². The molecule has 1 saturated heterocycles. The van der Waals surface area contributed by atoms with Crippen molar-refractivity contribution in [1.29, 1.82) is 0 Å². The molecule has 1 rings (SSSR count). The van der Waals surface area contributed by atoms with Gasteiger partial charge in [0.1, 0.15) is 6.29 Å². The summed E-state index contributed by atoms with van der Waals surface area (Å²) in [5.74, 6) is 0.224. The van der Waals surface area contributed by atoms with E-state index in [2.05, 4.69) is 0 Å². The Labute approximate surface area is 91.3 Å². The zero-order valence-electron chi connectivity index (χ0n) is 8.41. The van der Waals surface area contributed by atoms with Gasteiger partial charge in [0.15, 0.2) is 0 Å². The van der Waals surface area contributed by atoms with Crippen LogP contribution in [0.3, 0.4) is 0 Å². The molecule has 1 heterocycles. The van der Waals surface area contributed by atoms with Crippen molar-refractivity contribution in [3.63, 3.8) is 0 Å². The Balaban J connectivity index is 0.00000169. The number of amides is 1. The van der Waals surface area contributed by atoms with Gasteiger partial charge in [-0.25, -0.2) is 0 Å². The van der Waals surface area contributed by atoms with E-state index in [1.807, 2.05) is 4.90 Å². The first-order valence-electron chi connectivity index (χ1n) is 5.06. The van der Waals surface area contributed by atoms with Crippen LogP contribution in [-0.4, -0.2) is 30.2 Å². The summed E-state index contributed by atoms with van der Waals surface area (Å²) in [6.07, 6.45) is 6.16. The van der Waals surface area contributed by atoms with Gasteiger partial charge in [0.25, 0.3) is 0 Å². The molecule has 3 nitrogen and oxygen atoms in total. The van der Waals surface area contributed by atoms with E-state index < -0.39 is 0 Å². The molecule has 1 aliphatic rings. The van der Waals surface area contributed by atoms with Gasteiger partial charge in [-0.3, -0.25) is 4.79 Å². The van der Waals surface area contributed by atoms with Gasteiger partial charge in [-0.1, -0.05) is 0 Å². The zero-order valence-corrected chi connectivity index (χ0v) is 9.22. The van der Waals surface area contributed by atoms with Crippen LogP contribution >= 0.6 is 12.4 Å². The fourth-order valence-electron chi connectivity index (χ4n) is 1.64. The average molecular weight is 220 g/mol. The fraction of sp³-hybridized carbons (Fsp3) is 0.800. The summed E-state index contributed by atoms with van der Waals surface area (Å²) in [5.41, 5.74) is 0. The Hall–Kier alpha value is -0.570. The summed E-state index contributed by atoms with van der Waals surface area (Å²) in [6, 6.07) is 0. The highest BCUT2D eigenvalue weighted by atomic mass is 35.5. The standard InChI is InChI=1S/C10H17NO2.ClH/c12-9-5-2-6-10(13)11-7-3-1-4-8-11;/h9H,1-8H2;1H. The Morgan fingerprint density at radius 1 is 1.21 bits per heavy atom. The predicted molar refractivity (Wildman–Crippen MR) is 57.6 cm³/mol. The molecule has 0 N–H and O–H groups in total. The molecule has 14 heavy (non-hydrogen) atoms. The van der Waals surface area contributed by atoms with Crippen molar-refractivity contribution in [3.8, 4) is 0 Å². The minimum atomic E-state index is 0. The summed E-state index contributed by atoms with van der Waals surface area (Å²) in [6.45, 7) is 1.83. The van der Waals surface area contributed by atoms with E-state index in [-0.39, 0.29) is 18.3 Å². The highest BCUT2D eigenvalue weighted by Crippen LogP contribution is 2.10. The lowest BCUT2D eigenvalue weighted by molar-refractivity contribution is -0.132. The summed E-state index contributed by atoms with van der Waals surface area (Å²) in [7, 11) is 0. The molecule has 1 aliphatic heterocycles. The molecule has 0 saturated carbocycles. The molecule has 1 fully saturated rings. The molecule has 4 heteroatoms. The third-order valence-electron chi connectivity index (χ3n) is 2.42. The quantitative estimate of drug-likeness (QED) is 0.534. The number of aldehydes is 1. The molecular weight excluding hydrogens is 202 g/mol. The van der Waals surface area contributed by atoms with E-state index in [4.69, 9.17) is 0 Å². The number of likely N-dealkylation sites (tertiary alicyclic amines) is 1. The Morgan fingerprint density at radius 3 is 2.43 bits per heavy atom. The molecule has 0 aromatic carbocycles. The Morgan fingerprint density at radius 2 is 1.86 bits per heavy atom. The second-order valence-corrected chi connectivity index (χ2v) is 3.50. The smallest absolute Gasteiger partial charge is 0.222 e. The van der Waals surface area contributed by atoms with Crippen molar-refractivity contribution < 1.29 is 9.59 Å². The normalized spacial score (nSPS) is 15.9. The van der Waals surface area contributed by atoms with Crippen LogP contribution in [0, 0.1) is 0 Å². The number of carbonyl (C=O) groups excluding carboxylic acids is 2. The summed E-state index contributed by atoms with van der Waals surface area (Å²) in [5, 5.41) is 0. The van der Waals surface area contributed by atoms with Crippen molar-refractivity contribution in [2.75, 3.05) is 13.1 Å². The first-order chi connectivity index (χ1) is 6.34. The molecule has 0 aromatic rings. The van der Waals surface area contributed by atoms with Gasteiger partial charge in [0.05, 0.1) is 0 Å². The number of unbranched alkanes of at least 4 members (excludes halogenated alkanes) is 1. The van der Waals surface area contributed by atoms with Crippen molar-refractivity contribution in [1.82, 2.24) is 4.90 Å². The zero-order chi connectivity index (χ0) is 9.52. The molecule has 0 atom stereocenters. The molecule has 82 valence electrons. The highest BCUT2D eigenvalue weighted by Gasteiger charge is 2.15. The van der Waals surface area contributed by atoms with E-state index in [1.165, 1.54) is 6.42 Å². The number of rotatable bonds is 4. The minimum absolute atomic E-state index is 0.